The lowest BCUT2D eigenvalue weighted by Gasteiger charge is -2.15. The van der Waals surface area contributed by atoms with Crippen LogP contribution in [0.4, 0.5) is 5.69 Å². The summed E-state index contributed by atoms with van der Waals surface area (Å²) < 4.78 is 15.4. The van der Waals surface area contributed by atoms with Gasteiger partial charge in [-0.15, -0.1) is 0 Å². The van der Waals surface area contributed by atoms with Crippen molar-refractivity contribution >= 4 is 23.2 Å². The number of carbonyl (C=O) groups excluding carboxylic acids is 1. The van der Waals surface area contributed by atoms with Crippen LogP contribution in [0.15, 0.2) is 30.3 Å². The highest BCUT2D eigenvalue weighted by molar-refractivity contribution is 6.30. The number of halogens is 1. The molecule has 0 aliphatic heterocycles. The highest BCUT2D eigenvalue weighted by Crippen LogP contribution is 2.46. The number of methoxy groups -OCH3 is 3. The molecule has 2 aromatic rings. The van der Waals surface area contributed by atoms with Gasteiger partial charge < -0.3 is 19.5 Å². The Morgan fingerprint density at radius 2 is 1.85 bits per heavy atom. The zero-order valence-corrected chi connectivity index (χ0v) is 15.1. The molecule has 9 heteroatoms. The fourth-order valence-electron chi connectivity index (χ4n) is 2.42. The van der Waals surface area contributed by atoms with E-state index in [4.69, 9.17) is 25.8 Å². The van der Waals surface area contributed by atoms with E-state index in [9.17, 15) is 14.9 Å². The fourth-order valence-corrected chi connectivity index (χ4v) is 2.63. The second kappa shape index (κ2) is 8.39. The number of nitrogens with zero attached hydrogens (tertiary/aromatic N) is 1. The molecule has 2 rings (SSSR count). The summed E-state index contributed by atoms with van der Waals surface area (Å²) in [6, 6.07) is 8.15. The molecule has 0 saturated carbocycles. The molecule has 0 aliphatic rings. The van der Waals surface area contributed by atoms with E-state index in [0.717, 1.165) is 5.56 Å². The van der Waals surface area contributed by atoms with Crippen LogP contribution in [0.2, 0.25) is 5.02 Å². The number of carbonyl (C=O) groups is 1. The molecule has 138 valence electrons. The monoisotopic (exact) mass is 380 g/mol. The van der Waals surface area contributed by atoms with Crippen LogP contribution >= 0.6 is 11.6 Å². The first-order valence-corrected chi connectivity index (χ1v) is 7.80. The Morgan fingerprint density at radius 1 is 1.15 bits per heavy atom. The molecular formula is C17H17ClN2O6. The lowest BCUT2D eigenvalue weighted by Crippen LogP contribution is -2.24. The van der Waals surface area contributed by atoms with Gasteiger partial charge in [0.15, 0.2) is 5.75 Å². The van der Waals surface area contributed by atoms with Gasteiger partial charge in [-0.1, -0.05) is 23.7 Å². The Labute approximate surface area is 154 Å². The third kappa shape index (κ3) is 3.97. The van der Waals surface area contributed by atoms with Gasteiger partial charge in [0.2, 0.25) is 11.5 Å². The highest BCUT2D eigenvalue weighted by atomic mass is 35.5. The van der Waals surface area contributed by atoms with Crippen molar-refractivity contribution < 1.29 is 23.9 Å². The van der Waals surface area contributed by atoms with Crippen molar-refractivity contribution in [1.29, 1.82) is 0 Å². The molecule has 1 N–H and O–H groups in total. The first-order chi connectivity index (χ1) is 12.4. The van der Waals surface area contributed by atoms with E-state index >= 15 is 0 Å². The second-order valence-electron chi connectivity index (χ2n) is 5.11. The Balaban J connectivity index is 2.43. The molecule has 0 unspecified atom stereocenters. The maximum absolute atomic E-state index is 12.6. The summed E-state index contributed by atoms with van der Waals surface area (Å²) in [5.41, 5.74) is 0.0428. The average molecular weight is 381 g/mol. The summed E-state index contributed by atoms with van der Waals surface area (Å²) >= 11 is 5.91. The zero-order valence-electron chi connectivity index (χ0n) is 14.4. The van der Waals surface area contributed by atoms with Gasteiger partial charge in [-0.25, -0.2) is 0 Å². The quantitative estimate of drug-likeness (QED) is 0.584. The molecule has 0 heterocycles. The van der Waals surface area contributed by atoms with Gasteiger partial charge in [-0.2, -0.15) is 0 Å². The minimum absolute atomic E-state index is 0.0353. The predicted octanol–water partition coefficient (Wildman–Crippen LogP) is 3.20. The molecule has 8 nitrogen and oxygen atoms in total. The third-order valence-electron chi connectivity index (χ3n) is 3.57. The van der Waals surface area contributed by atoms with E-state index in [0.29, 0.717) is 5.02 Å². The van der Waals surface area contributed by atoms with E-state index in [1.807, 2.05) is 0 Å². The fraction of sp³-hybridized carbons (Fsp3) is 0.235. The van der Waals surface area contributed by atoms with Crippen molar-refractivity contribution in [3.05, 3.63) is 56.6 Å². The number of rotatable bonds is 7. The molecule has 26 heavy (non-hydrogen) atoms. The van der Waals surface area contributed by atoms with Crippen LogP contribution in [0.1, 0.15) is 15.9 Å². The number of amides is 1. The topological polar surface area (TPSA) is 99.9 Å². The summed E-state index contributed by atoms with van der Waals surface area (Å²) in [6.45, 7) is 0.146. The summed E-state index contributed by atoms with van der Waals surface area (Å²) in [5.74, 6) is -0.670. The lowest BCUT2D eigenvalue weighted by atomic mass is 10.1. The maximum atomic E-state index is 12.6. The summed E-state index contributed by atoms with van der Waals surface area (Å²) in [7, 11) is 3.93. The van der Waals surface area contributed by atoms with Crippen molar-refractivity contribution in [2.45, 2.75) is 6.54 Å². The van der Waals surface area contributed by atoms with Crippen LogP contribution in [0.5, 0.6) is 17.2 Å². The van der Waals surface area contributed by atoms with E-state index in [1.165, 1.54) is 27.4 Å². The van der Waals surface area contributed by atoms with E-state index in [-0.39, 0.29) is 29.4 Å². The Hall–Kier alpha value is -3.00. The number of hydrogen-bond acceptors (Lipinski definition) is 6. The Morgan fingerprint density at radius 3 is 2.38 bits per heavy atom. The van der Waals surface area contributed by atoms with E-state index < -0.39 is 16.5 Å². The molecule has 1 amide bonds. The average Bonchev–Trinajstić information content (AvgIpc) is 2.63. The second-order valence-corrected chi connectivity index (χ2v) is 5.55. The Bertz CT molecular complexity index is 840. The van der Waals surface area contributed by atoms with Gasteiger partial charge in [0.05, 0.1) is 26.3 Å². The van der Waals surface area contributed by atoms with Crippen LogP contribution < -0.4 is 19.5 Å². The number of ether oxygens (including phenoxy) is 3. The Kier molecular flexibility index (Phi) is 6.24. The molecule has 0 aromatic heterocycles. The minimum atomic E-state index is -0.699. The molecular weight excluding hydrogens is 364 g/mol. The highest BCUT2D eigenvalue weighted by Gasteiger charge is 2.32. The van der Waals surface area contributed by atoms with E-state index in [2.05, 4.69) is 5.32 Å². The van der Waals surface area contributed by atoms with Gasteiger partial charge in [0.1, 0.15) is 5.56 Å². The van der Waals surface area contributed by atoms with Crippen molar-refractivity contribution in [3.8, 4) is 17.2 Å². The molecule has 0 fully saturated rings. The molecule has 0 atom stereocenters. The standard InChI is InChI=1S/C17H17ClN2O6/c1-24-13-8-12(14(20(22)23)16(26-3)15(13)25-2)17(21)19-9-10-5-4-6-11(18)7-10/h4-8H,9H2,1-3H3,(H,19,21). The predicted molar refractivity (Wildman–Crippen MR) is 95.4 cm³/mol. The summed E-state index contributed by atoms with van der Waals surface area (Å²) in [5, 5.41) is 14.7. The van der Waals surface area contributed by atoms with Gasteiger partial charge in [-0.3, -0.25) is 14.9 Å². The normalized spacial score (nSPS) is 10.2. The van der Waals surface area contributed by atoms with Crippen LogP contribution in [0, 0.1) is 10.1 Å². The third-order valence-corrected chi connectivity index (χ3v) is 3.81. The first-order valence-electron chi connectivity index (χ1n) is 7.42. The van der Waals surface area contributed by atoms with Crippen LogP contribution in [-0.4, -0.2) is 32.2 Å². The van der Waals surface area contributed by atoms with Crippen LogP contribution in [0.3, 0.4) is 0 Å². The smallest absolute Gasteiger partial charge is 0.327 e. The maximum Gasteiger partial charge on any atom is 0.327 e. The minimum Gasteiger partial charge on any atom is -0.493 e. The van der Waals surface area contributed by atoms with Gasteiger partial charge >= 0.3 is 5.69 Å². The van der Waals surface area contributed by atoms with Crippen molar-refractivity contribution in [1.82, 2.24) is 5.32 Å². The SMILES string of the molecule is COc1cc(C(=O)NCc2cccc(Cl)c2)c([N+](=O)[O-])c(OC)c1OC. The van der Waals surface area contributed by atoms with E-state index in [1.54, 1.807) is 24.3 Å². The molecule has 0 saturated heterocycles. The number of benzene rings is 2. The summed E-state index contributed by atoms with van der Waals surface area (Å²) in [4.78, 5) is 23.4. The summed E-state index contributed by atoms with van der Waals surface area (Å²) in [6.07, 6.45) is 0. The number of nitrogens with one attached hydrogen (secondary N) is 1. The van der Waals surface area contributed by atoms with Crippen LogP contribution in [-0.2, 0) is 6.54 Å². The molecule has 0 bridgehead atoms. The molecule has 2 aromatic carbocycles. The molecule has 0 aliphatic carbocycles. The van der Waals surface area contributed by atoms with Gasteiger partial charge in [-0.05, 0) is 17.7 Å². The number of nitro benzene ring substituents is 1. The molecule has 0 radical (unpaired) electrons. The van der Waals surface area contributed by atoms with Crippen molar-refractivity contribution in [3.63, 3.8) is 0 Å². The zero-order chi connectivity index (χ0) is 19.3. The van der Waals surface area contributed by atoms with Crippen molar-refractivity contribution in [2.75, 3.05) is 21.3 Å². The first kappa shape index (κ1) is 19.3. The lowest BCUT2D eigenvalue weighted by molar-refractivity contribution is -0.386. The van der Waals surface area contributed by atoms with Crippen LogP contribution in [0.25, 0.3) is 0 Å². The number of hydrogen-bond donors (Lipinski definition) is 1. The number of nitro groups is 1. The molecule has 0 spiro atoms. The van der Waals surface area contributed by atoms with Gasteiger partial charge in [0.25, 0.3) is 5.91 Å². The van der Waals surface area contributed by atoms with Gasteiger partial charge in [0, 0.05) is 17.6 Å². The largest absolute Gasteiger partial charge is 0.493 e. The van der Waals surface area contributed by atoms with Crippen molar-refractivity contribution in [2.24, 2.45) is 0 Å².